The van der Waals surface area contributed by atoms with Gasteiger partial charge in [0.15, 0.2) is 5.58 Å². The Kier molecular flexibility index (Phi) is 5.08. The Labute approximate surface area is 156 Å². The Morgan fingerprint density at radius 3 is 2.15 bits per heavy atom. The van der Waals surface area contributed by atoms with Crippen molar-refractivity contribution in [2.24, 2.45) is 0 Å². The normalized spacial score (nSPS) is 11.5. The van der Waals surface area contributed by atoms with Gasteiger partial charge < -0.3 is 9.15 Å². The zero-order valence-corrected chi connectivity index (χ0v) is 17.0. The van der Waals surface area contributed by atoms with Gasteiger partial charge in [-0.1, -0.05) is 31.5 Å². The van der Waals surface area contributed by atoms with Crippen LogP contribution in [0.5, 0.6) is 11.6 Å². The molecule has 0 saturated heterocycles. The second-order valence-electron chi connectivity index (χ2n) is 7.36. The predicted molar refractivity (Wildman–Crippen MR) is 108 cm³/mol. The highest BCUT2D eigenvalue weighted by atomic mass is 16.5. The molecule has 0 aliphatic heterocycles. The van der Waals surface area contributed by atoms with Crippen LogP contribution in [-0.4, -0.2) is 4.98 Å². The van der Waals surface area contributed by atoms with E-state index in [1.54, 1.807) is 0 Å². The minimum Gasteiger partial charge on any atom is -0.455 e. The van der Waals surface area contributed by atoms with Crippen molar-refractivity contribution < 1.29 is 9.15 Å². The molecular weight excluding hydrogens is 322 g/mol. The molecule has 3 heteroatoms. The third-order valence-electron chi connectivity index (χ3n) is 5.19. The SMILES string of the molecule is CCC(CC)c1c(C)oc2c(Oc3c(C)cc(C)cc3C)nc(C)cc12. The summed E-state index contributed by atoms with van der Waals surface area (Å²) in [5.74, 6) is 2.90. The lowest BCUT2D eigenvalue weighted by Gasteiger charge is -2.14. The van der Waals surface area contributed by atoms with Gasteiger partial charge >= 0.3 is 0 Å². The van der Waals surface area contributed by atoms with E-state index >= 15 is 0 Å². The number of benzene rings is 1. The Balaban J connectivity index is 2.18. The predicted octanol–water partition coefficient (Wildman–Crippen LogP) is 7.07. The lowest BCUT2D eigenvalue weighted by atomic mass is 9.92. The largest absolute Gasteiger partial charge is 0.455 e. The molecule has 0 N–H and O–H groups in total. The average Bonchev–Trinajstić information content (AvgIpc) is 2.89. The quantitative estimate of drug-likeness (QED) is 0.493. The summed E-state index contributed by atoms with van der Waals surface area (Å²) in [5, 5.41) is 1.14. The lowest BCUT2D eigenvalue weighted by Crippen LogP contribution is -1.98. The van der Waals surface area contributed by atoms with E-state index in [4.69, 9.17) is 9.15 Å². The van der Waals surface area contributed by atoms with E-state index in [2.05, 4.69) is 64.7 Å². The van der Waals surface area contributed by atoms with Gasteiger partial charge in [-0.2, -0.15) is 0 Å². The van der Waals surface area contributed by atoms with Crippen LogP contribution in [0, 0.1) is 34.6 Å². The molecule has 2 aromatic heterocycles. The molecule has 3 rings (SSSR count). The molecule has 3 aromatic rings. The minimum atomic E-state index is 0.494. The number of hydrogen-bond donors (Lipinski definition) is 0. The minimum absolute atomic E-state index is 0.494. The first-order valence-corrected chi connectivity index (χ1v) is 9.52. The van der Waals surface area contributed by atoms with Gasteiger partial charge in [-0.05, 0) is 70.6 Å². The van der Waals surface area contributed by atoms with Crippen molar-refractivity contribution in [2.45, 2.75) is 67.2 Å². The van der Waals surface area contributed by atoms with Crippen molar-refractivity contribution in [3.05, 3.63) is 51.9 Å². The molecule has 0 aliphatic rings. The van der Waals surface area contributed by atoms with Gasteiger partial charge in [-0.3, -0.25) is 0 Å². The number of hydrogen-bond acceptors (Lipinski definition) is 3. The second-order valence-corrected chi connectivity index (χ2v) is 7.36. The van der Waals surface area contributed by atoms with E-state index in [0.717, 1.165) is 52.1 Å². The van der Waals surface area contributed by atoms with Gasteiger partial charge in [0.05, 0.1) is 0 Å². The van der Waals surface area contributed by atoms with Crippen molar-refractivity contribution >= 4 is 11.0 Å². The third kappa shape index (κ3) is 3.23. The van der Waals surface area contributed by atoms with Gasteiger partial charge in [-0.15, -0.1) is 0 Å². The smallest absolute Gasteiger partial charge is 0.264 e. The van der Waals surface area contributed by atoms with Crippen LogP contribution in [0.15, 0.2) is 22.6 Å². The maximum atomic E-state index is 6.30. The molecule has 0 amide bonds. The zero-order valence-electron chi connectivity index (χ0n) is 17.0. The maximum absolute atomic E-state index is 6.30. The summed E-state index contributed by atoms with van der Waals surface area (Å²) in [6, 6.07) is 6.40. The van der Waals surface area contributed by atoms with Gasteiger partial charge in [0.2, 0.25) is 0 Å². The monoisotopic (exact) mass is 351 g/mol. The third-order valence-corrected chi connectivity index (χ3v) is 5.19. The molecule has 0 unspecified atom stereocenters. The number of aromatic nitrogens is 1. The van der Waals surface area contributed by atoms with Gasteiger partial charge in [-0.25, -0.2) is 4.98 Å². The molecule has 0 spiro atoms. The van der Waals surface area contributed by atoms with E-state index in [-0.39, 0.29) is 0 Å². The fourth-order valence-corrected chi connectivity index (χ4v) is 4.03. The van der Waals surface area contributed by atoms with Gasteiger partial charge in [0.25, 0.3) is 5.88 Å². The Morgan fingerprint density at radius 2 is 1.58 bits per heavy atom. The summed E-state index contributed by atoms with van der Waals surface area (Å²) >= 11 is 0. The van der Waals surface area contributed by atoms with Crippen LogP contribution in [-0.2, 0) is 0 Å². The molecule has 138 valence electrons. The van der Waals surface area contributed by atoms with Crippen LogP contribution in [0.1, 0.15) is 66.3 Å². The standard InChI is InChI=1S/C23H29NO2/c1-8-18(9-2)20-17(7)25-22-19(20)12-16(6)24-23(22)26-21-14(4)10-13(3)11-15(21)5/h10-12,18H,8-9H2,1-7H3. The molecule has 0 bridgehead atoms. The van der Waals surface area contributed by atoms with Crippen molar-refractivity contribution in [3.8, 4) is 11.6 Å². The average molecular weight is 351 g/mol. The number of rotatable bonds is 5. The molecule has 1 aromatic carbocycles. The summed E-state index contributed by atoms with van der Waals surface area (Å²) < 4.78 is 12.5. The molecule has 0 aliphatic carbocycles. The van der Waals surface area contributed by atoms with Crippen LogP contribution in [0.2, 0.25) is 0 Å². The van der Waals surface area contributed by atoms with Gasteiger partial charge in [0.1, 0.15) is 11.5 Å². The molecule has 3 nitrogen and oxygen atoms in total. The fourth-order valence-electron chi connectivity index (χ4n) is 4.03. The Bertz CT molecular complexity index is 925. The number of nitrogens with zero attached hydrogens (tertiary/aromatic N) is 1. The van der Waals surface area contributed by atoms with E-state index in [1.807, 2.05) is 6.92 Å². The number of furan rings is 1. The van der Waals surface area contributed by atoms with Crippen LogP contribution in [0.3, 0.4) is 0 Å². The lowest BCUT2D eigenvalue weighted by molar-refractivity contribution is 0.443. The zero-order chi connectivity index (χ0) is 19.0. The molecule has 2 heterocycles. The summed E-state index contributed by atoms with van der Waals surface area (Å²) in [6.07, 6.45) is 2.19. The molecule has 26 heavy (non-hydrogen) atoms. The highest BCUT2D eigenvalue weighted by molar-refractivity contribution is 5.87. The Morgan fingerprint density at radius 1 is 0.962 bits per heavy atom. The first kappa shape index (κ1) is 18.5. The fraction of sp³-hybridized carbons (Fsp3) is 0.435. The number of fused-ring (bicyclic) bond motifs is 1. The van der Waals surface area contributed by atoms with Crippen molar-refractivity contribution in [3.63, 3.8) is 0 Å². The summed E-state index contributed by atoms with van der Waals surface area (Å²) in [7, 11) is 0. The molecule has 0 fully saturated rings. The van der Waals surface area contributed by atoms with Crippen LogP contribution in [0.25, 0.3) is 11.0 Å². The first-order chi connectivity index (χ1) is 12.3. The van der Waals surface area contributed by atoms with E-state index < -0.39 is 0 Å². The van der Waals surface area contributed by atoms with Crippen molar-refractivity contribution in [1.82, 2.24) is 4.98 Å². The number of pyridine rings is 1. The van der Waals surface area contributed by atoms with Crippen LogP contribution < -0.4 is 4.74 Å². The highest BCUT2D eigenvalue weighted by Gasteiger charge is 2.22. The molecule has 0 saturated carbocycles. The summed E-state index contributed by atoms with van der Waals surface area (Å²) in [5.41, 5.74) is 6.47. The Hall–Kier alpha value is -2.29. The molecular formula is C23H29NO2. The first-order valence-electron chi connectivity index (χ1n) is 9.52. The summed E-state index contributed by atoms with van der Waals surface area (Å²) in [6.45, 7) is 14.8. The number of ether oxygens (including phenoxy) is 1. The van der Waals surface area contributed by atoms with E-state index in [9.17, 15) is 0 Å². The van der Waals surface area contributed by atoms with Gasteiger partial charge in [0, 0.05) is 16.6 Å². The van der Waals surface area contributed by atoms with E-state index in [1.165, 1.54) is 11.1 Å². The summed E-state index contributed by atoms with van der Waals surface area (Å²) in [4.78, 5) is 4.65. The molecule has 0 atom stereocenters. The second kappa shape index (κ2) is 7.14. The highest BCUT2D eigenvalue weighted by Crippen LogP contribution is 2.40. The van der Waals surface area contributed by atoms with Crippen molar-refractivity contribution in [1.29, 1.82) is 0 Å². The van der Waals surface area contributed by atoms with Crippen molar-refractivity contribution in [2.75, 3.05) is 0 Å². The maximum Gasteiger partial charge on any atom is 0.264 e. The molecule has 0 radical (unpaired) electrons. The number of aryl methyl sites for hydroxylation is 5. The van der Waals surface area contributed by atoms with Crippen LogP contribution in [0.4, 0.5) is 0 Å². The van der Waals surface area contributed by atoms with E-state index in [0.29, 0.717) is 11.8 Å². The van der Waals surface area contributed by atoms with Crippen LogP contribution >= 0.6 is 0 Å². The topological polar surface area (TPSA) is 35.3 Å².